The van der Waals surface area contributed by atoms with Crippen molar-refractivity contribution in [3.63, 3.8) is 0 Å². The normalized spacial score (nSPS) is 10.4. The van der Waals surface area contributed by atoms with Gasteiger partial charge >= 0.3 is 0 Å². The molecule has 0 fully saturated rings. The van der Waals surface area contributed by atoms with Gasteiger partial charge in [-0.3, -0.25) is 4.79 Å². The molecule has 0 atom stereocenters. The summed E-state index contributed by atoms with van der Waals surface area (Å²) in [6.45, 7) is 2.91. The number of aromatic nitrogens is 4. The Balaban J connectivity index is 2.47. The Labute approximate surface area is 97.8 Å². The Kier molecular flexibility index (Phi) is 5.20. The molecule has 0 aliphatic carbocycles. The summed E-state index contributed by atoms with van der Waals surface area (Å²) >= 11 is 1.27. The maximum absolute atomic E-state index is 11.5. The Bertz CT molecular complexity index is 343. The van der Waals surface area contributed by atoms with Gasteiger partial charge in [0.1, 0.15) is 0 Å². The Morgan fingerprint density at radius 3 is 3.00 bits per heavy atom. The fourth-order valence-corrected chi connectivity index (χ4v) is 1.79. The maximum atomic E-state index is 11.5. The first-order valence-corrected chi connectivity index (χ1v) is 5.91. The number of thioether (sulfide) groups is 1. The second-order valence-electron chi connectivity index (χ2n) is 3.10. The van der Waals surface area contributed by atoms with Crippen LogP contribution in [0.3, 0.4) is 0 Å². The first kappa shape index (κ1) is 12.9. The van der Waals surface area contributed by atoms with Gasteiger partial charge in [-0.15, -0.1) is 5.10 Å². The summed E-state index contributed by atoms with van der Waals surface area (Å²) in [6, 6.07) is 0. The quantitative estimate of drug-likeness (QED) is 0.663. The van der Waals surface area contributed by atoms with Crippen LogP contribution in [0.2, 0.25) is 0 Å². The van der Waals surface area contributed by atoms with Crippen LogP contribution in [0.25, 0.3) is 0 Å². The third kappa shape index (κ3) is 3.46. The molecular weight excluding hydrogens is 230 g/mol. The van der Waals surface area contributed by atoms with Gasteiger partial charge in [-0.1, -0.05) is 11.8 Å². The minimum absolute atomic E-state index is 0.0264. The van der Waals surface area contributed by atoms with E-state index in [0.29, 0.717) is 24.0 Å². The van der Waals surface area contributed by atoms with E-state index in [9.17, 15) is 4.79 Å². The van der Waals surface area contributed by atoms with Crippen molar-refractivity contribution in [1.29, 1.82) is 0 Å². The highest BCUT2D eigenvalue weighted by Crippen LogP contribution is 2.13. The molecule has 0 bridgehead atoms. The highest BCUT2D eigenvalue weighted by atomic mass is 32.2. The van der Waals surface area contributed by atoms with Gasteiger partial charge in [-0.2, -0.15) is 0 Å². The Morgan fingerprint density at radius 2 is 2.38 bits per heavy atom. The monoisotopic (exact) mass is 245 g/mol. The van der Waals surface area contributed by atoms with E-state index in [1.807, 2.05) is 6.92 Å². The molecule has 1 N–H and O–H groups in total. The summed E-state index contributed by atoms with van der Waals surface area (Å²) < 4.78 is 1.48. The number of aliphatic hydroxyl groups is 1. The molecule has 1 aromatic heterocycles. The van der Waals surface area contributed by atoms with E-state index in [1.165, 1.54) is 16.4 Å². The standard InChI is InChI=1S/C8H15N5O2S/c1-3-12(2)7(15)6-16-8-9-10-11-13(8)4-5-14/h14H,3-6H2,1-2H3. The van der Waals surface area contributed by atoms with Crippen LogP contribution >= 0.6 is 11.8 Å². The van der Waals surface area contributed by atoms with Gasteiger partial charge in [0, 0.05) is 13.6 Å². The number of tetrazole rings is 1. The molecule has 0 aliphatic heterocycles. The number of rotatable bonds is 6. The molecule has 8 heteroatoms. The first-order chi connectivity index (χ1) is 7.69. The van der Waals surface area contributed by atoms with E-state index in [2.05, 4.69) is 15.5 Å². The number of hydrogen-bond acceptors (Lipinski definition) is 6. The van der Waals surface area contributed by atoms with E-state index in [1.54, 1.807) is 11.9 Å². The topological polar surface area (TPSA) is 84.1 Å². The lowest BCUT2D eigenvalue weighted by Crippen LogP contribution is -2.27. The molecule has 1 aromatic rings. The largest absolute Gasteiger partial charge is 0.394 e. The van der Waals surface area contributed by atoms with Crippen molar-refractivity contribution in [2.45, 2.75) is 18.6 Å². The summed E-state index contributed by atoms with van der Waals surface area (Å²) in [5.41, 5.74) is 0. The number of nitrogens with zero attached hydrogens (tertiary/aromatic N) is 5. The number of amides is 1. The van der Waals surface area contributed by atoms with E-state index in [0.717, 1.165) is 0 Å². The molecule has 1 amide bonds. The summed E-state index contributed by atoms with van der Waals surface area (Å²) in [5.74, 6) is 0.335. The van der Waals surface area contributed by atoms with Crippen molar-refractivity contribution >= 4 is 17.7 Å². The molecule has 0 aromatic carbocycles. The van der Waals surface area contributed by atoms with Crippen LogP contribution in [-0.2, 0) is 11.3 Å². The molecule has 7 nitrogen and oxygen atoms in total. The zero-order valence-electron chi connectivity index (χ0n) is 9.33. The molecular formula is C8H15N5O2S. The summed E-state index contributed by atoms with van der Waals surface area (Å²) in [7, 11) is 1.75. The molecule has 90 valence electrons. The lowest BCUT2D eigenvalue weighted by atomic mass is 10.5. The van der Waals surface area contributed by atoms with Gasteiger partial charge in [0.2, 0.25) is 11.1 Å². The summed E-state index contributed by atoms with van der Waals surface area (Å²) in [4.78, 5) is 13.1. The van der Waals surface area contributed by atoms with E-state index in [-0.39, 0.29) is 12.5 Å². The van der Waals surface area contributed by atoms with Crippen LogP contribution in [0.1, 0.15) is 6.92 Å². The average molecular weight is 245 g/mol. The molecule has 0 saturated heterocycles. The summed E-state index contributed by atoms with van der Waals surface area (Å²) in [5, 5.41) is 20.3. The van der Waals surface area contributed by atoms with Crippen LogP contribution in [0.5, 0.6) is 0 Å². The van der Waals surface area contributed by atoms with Crippen LogP contribution < -0.4 is 0 Å². The van der Waals surface area contributed by atoms with Crippen LogP contribution in [0, 0.1) is 0 Å². The second-order valence-corrected chi connectivity index (χ2v) is 4.05. The van der Waals surface area contributed by atoms with E-state index >= 15 is 0 Å². The van der Waals surface area contributed by atoms with Crippen molar-refractivity contribution in [2.75, 3.05) is 26.0 Å². The SMILES string of the molecule is CCN(C)C(=O)CSc1nnnn1CCO. The van der Waals surface area contributed by atoms with Gasteiger partial charge in [0.25, 0.3) is 0 Å². The van der Waals surface area contributed by atoms with Crippen molar-refractivity contribution in [3.05, 3.63) is 0 Å². The molecule has 1 heterocycles. The predicted molar refractivity (Wildman–Crippen MR) is 58.9 cm³/mol. The fourth-order valence-electron chi connectivity index (χ4n) is 0.948. The van der Waals surface area contributed by atoms with E-state index < -0.39 is 0 Å². The summed E-state index contributed by atoms with van der Waals surface area (Å²) in [6.07, 6.45) is 0. The van der Waals surface area contributed by atoms with Crippen LogP contribution in [0.4, 0.5) is 0 Å². The number of carbonyl (C=O) groups excluding carboxylic acids is 1. The fraction of sp³-hybridized carbons (Fsp3) is 0.750. The van der Waals surface area contributed by atoms with Gasteiger partial charge in [-0.25, -0.2) is 4.68 Å². The van der Waals surface area contributed by atoms with Gasteiger partial charge in [0.15, 0.2) is 0 Å². The van der Waals surface area contributed by atoms with E-state index in [4.69, 9.17) is 5.11 Å². The van der Waals surface area contributed by atoms with Gasteiger partial charge < -0.3 is 10.0 Å². The van der Waals surface area contributed by atoms with Gasteiger partial charge in [0.05, 0.1) is 18.9 Å². The second kappa shape index (κ2) is 6.44. The Morgan fingerprint density at radius 1 is 1.62 bits per heavy atom. The average Bonchev–Trinajstić information content (AvgIpc) is 2.73. The predicted octanol–water partition coefficient (Wildman–Crippen LogP) is -0.764. The molecule has 16 heavy (non-hydrogen) atoms. The zero-order valence-corrected chi connectivity index (χ0v) is 10.1. The number of aliphatic hydroxyl groups excluding tert-OH is 1. The zero-order chi connectivity index (χ0) is 12.0. The van der Waals surface area contributed by atoms with Crippen molar-refractivity contribution in [2.24, 2.45) is 0 Å². The number of hydrogen-bond donors (Lipinski definition) is 1. The molecule has 0 saturated carbocycles. The van der Waals surface area contributed by atoms with Crippen molar-refractivity contribution in [1.82, 2.24) is 25.1 Å². The minimum atomic E-state index is -0.0264. The molecule has 0 radical (unpaired) electrons. The third-order valence-corrected chi connectivity index (χ3v) is 2.98. The van der Waals surface area contributed by atoms with Crippen LogP contribution in [-0.4, -0.2) is 62.1 Å². The third-order valence-electron chi connectivity index (χ3n) is 2.04. The smallest absolute Gasteiger partial charge is 0.232 e. The molecule has 0 unspecified atom stereocenters. The van der Waals surface area contributed by atoms with Crippen LogP contribution in [0.15, 0.2) is 5.16 Å². The van der Waals surface area contributed by atoms with Gasteiger partial charge in [-0.05, 0) is 17.4 Å². The molecule has 0 spiro atoms. The lowest BCUT2D eigenvalue weighted by molar-refractivity contribution is -0.126. The van der Waals surface area contributed by atoms with Crippen molar-refractivity contribution < 1.29 is 9.90 Å². The first-order valence-electron chi connectivity index (χ1n) is 4.92. The highest BCUT2D eigenvalue weighted by Gasteiger charge is 2.11. The number of carbonyl (C=O) groups is 1. The minimum Gasteiger partial charge on any atom is -0.394 e. The highest BCUT2D eigenvalue weighted by molar-refractivity contribution is 7.99. The Hall–Kier alpha value is -1.15. The maximum Gasteiger partial charge on any atom is 0.232 e. The van der Waals surface area contributed by atoms with Crippen molar-refractivity contribution in [3.8, 4) is 0 Å². The molecule has 1 rings (SSSR count). The molecule has 0 aliphatic rings. The lowest BCUT2D eigenvalue weighted by Gasteiger charge is -2.13.